The van der Waals surface area contributed by atoms with Crippen LogP contribution in [0.2, 0.25) is 0 Å². The Morgan fingerprint density at radius 3 is 2.65 bits per heavy atom. The van der Waals surface area contributed by atoms with Gasteiger partial charge in [-0.25, -0.2) is 4.99 Å². The molecule has 5 atom stereocenters. The fourth-order valence-electron chi connectivity index (χ4n) is 5.51. The van der Waals surface area contributed by atoms with Crippen molar-refractivity contribution >= 4 is 24.0 Å². The molecule has 3 N–H and O–H groups in total. The van der Waals surface area contributed by atoms with Crippen LogP contribution in [0.15, 0.2) is 82.4 Å². The number of benzene rings is 2. The maximum absolute atomic E-state index is 14.0. The summed E-state index contributed by atoms with van der Waals surface area (Å²) in [6.07, 6.45) is 3.50. The molecule has 2 aliphatic heterocycles. The van der Waals surface area contributed by atoms with E-state index in [2.05, 4.69) is 5.32 Å². The van der Waals surface area contributed by atoms with Gasteiger partial charge in [-0.1, -0.05) is 48.5 Å². The van der Waals surface area contributed by atoms with Crippen LogP contribution in [0.4, 0.5) is 0 Å². The molecule has 1 saturated heterocycles. The standard InChI is InChI=1S/C33H38N4O6/c1-22(34)30(39)35-29(23(2)42-19-24-9-4-3-5-10-24)32(40)37-15-7-13-27(37)31-36-33(20-38,21-43-31)18-25-11-6-12-26(17-25)28-14-8-16-41-28/h3-6,8-12,14,16-17,20,22-23,27,29H,7,13,15,18-19,21,34H2,1-2H3,(H,35,39)/t22?,23?,27?,29?,33-/m0/s1. The van der Waals surface area contributed by atoms with Crippen molar-refractivity contribution in [1.82, 2.24) is 10.2 Å². The SMILES string of the molecule is CC(N)C(=O)NC(C(=O)N1CCCC1C1=N[C@](C=O)(Cc2cccc(-c3ccco3)c2)CO1)C(C)OCc1ccccc1. The molecule has 0 aliphatic carbocycles. The molecule has 0 spiro atoms. The number of hydrogen-bond acceptors (Lipinski definition) is 8. The number of nitrogens with one attached hydrogen (secondary N) is 1. The van der Waals surface area contributed by atoms with Crippen LogP contribution < -0.4 is 11.1 Å². The second-order valence-electron chi connectivity index (χ2n) is 11.3. The number of aldehydes is 1. The monoisotopic (exact) mass is 586 g/mol. The van der Waals surface area contributed by atoms with Crippen LogP contribution in [-0.2, 0) is 36.9 Å². The van der Waals surface area contributed by atoms with Crippen molar-refractivity contribution in [3.05, 3.63) is 84.1 Å². The summed E-state index contributed by atoms with van der Waals surface area (Å²) in [6.45, 7) is 4.14. The molecule has 0 saturated carbocycles. The van der Waals surface area contributed by atoms with Gasteiger partial charge in [-0.15, -0.1) is 0 Å². The maximum atomic E-state index is 14.0. The summed E-state index contributed by atoms with van der Waals surface area (Å²) in [5, 5.41) is 2.79. The quantitative estimate of drug-likeness (QED) is 0.311. The number of furan rings is 1. The van der Waals surface area contributed by atoms with Gasteiger partial charge in [-0.2, -0.15) is 0 Å². The third kappa shape index (κ3) is 7.03. The first-order valence-electron chi connectivity index (χ1n) is 14.6. The van der Waals surface area contributed by atoms with Crippen LogP contribution in [0.25, 0.3) is 11.3 Å². The van der Waals surface area contributed by atoms with E-state index in [-0.39, 0.29) is 19.1 Å². The van der Waals surface area contributed by atoms with Crippen LogP contribution in [0, 0.1) is 0 Å². The predicted octanol–water partition coefficient (Wildman–Crippen LogP) is 3.28. The summed E-state index contributed by atoms with van der Waals surface area (Å²) in [4.78, 5) is 45.5. The molecule has 3 heterocycles. The molecule has 0 bridgehead atoms. The predicted molar refractivity (Wildman–Crippen MR) is 161 cm³/mol. The van der Waals surface area contributed by atoms with Gasteiger partial charge < -0.3 is 34.6 Å². The summed E-state index contributed by atoms with van der Waals surface area (Å²) >= 11 is 0. The van der Waals surface area contributed by atoms with E-state index >= 15 is 0 Å². The molecular formula is C33H38N4O6. The molecule has 5 rings (SSSR count). The Bertz CT molecular complexity index is 1440. The Hall–Kier alpha value is -4.28. The van der Waals surface area contributed by atoms with Crippen molar-refractivity contribution in [2.45, 2.75) is 69.5 Å². The lowest BCUT2D eigenvalue weighted by atomic mass is 9.93. The molecule has 3 aromatic rings. The molecule has 226 valence electrons. The molecule has 43 heavy (non-hydrogen) atoms. The molecule has 2 aliphatic rings. The van der Waals surface area contributed by atoms with Crippen molar-refractivity contribution < 1.29 is 28.3 Å². The fourth-order valence-corrected chi connectivity index (χ4v) is 5.51. The molecule has 1 fully saturated rings. The molecule has 2 aromatic carbocycles. The second-order valence-corrected chi connectivity index (χ2v) is 11.3. The third-order valence-electron chi connectivity index (χ3n) is 7.89. The number of carbonyl (C=O) groups is 3. The van der Waals surface area contributed by atoms with E-state index in [1.54, 1.807) is 25.0 Å². The highest BCUT2D eigenvalue weighted by molar-refractivity contribution is 5.95. The van der Waals surface area contributed by atoms with Gasteiger partial charge in [0, 0.05) is 18.5 Å². The van der Waals surface area contributed by atoms with Crippen molar-refractivity contribution in [3.8, 4) is 11.3 Å². The van der Waals surface area contributed by atoms with Crippen LogP contribution in [0.3, 0.4) is 0 Å². The molecule has 10 nitrogen and oxygen atoms in total. The van der Waals surface area contributed by atoms with Gasteiger partial charge in [-0.3, -0.25) is 9.59 Å². The van der Waals surface area contributed by atoms with Gasteiger partial charge >= 0.3 is 0 Å². The Kier molecular flexibility index (Phi) is 9.37. The van der Waals surface area contributed by atoms with E-state index in [0.29, 0.717) is 25.3 Å². The molecule has 1 aromatic heterocycles. The number of ether oxygens (including phenoxy) is 2. The highest BCUT2D eigenvalue weighted by atomic mass is 16.5. The maximum Gasteiger partial charge on any atom is 0.248 e. The van der Waals surface area contributed by atoms with Crippen LogP contribution in [-0.4, -0.2) is 71.8 Å². The number of nitrogens with zero attached hydrogens (tertiary/aromatic N) is 2. The van der Waals surface area contributed by atoms with E-state index in [4.69, 9.17) is 24.6 Å². The Balaban J connectivity index is 1.33. The number of likely N-dealkylation sites (tertiary alicyclic amines) is 1. The lowest BCUT2D eigenvalue weighted by Crippen LogP contribution is -2.58. The van der Waals surface area contributed by atoms with E-state index in [1.807, 2.05) is 66.7 Å². The number of nitrogens with two attached hydrogens (primary N) is 1. The van der Waals surface area contributed by atoms with Crippen molar-refractivity contribution in [1.29, 1.82) is 0 Å². The minimum atomic E-state index is -1.11. The molecular weight excluding hydrogens is 548 g/mol. The van der Waals surface area contributed by atoms with Crippen LogP contribution in [0.1, 0.15) is 37.8 Å². The average molecular weight is 587 g/mol. The van der Waals surface area contributed by atoms with Gasteiger partial charge in [0.2, 0.25) is 17.7 Å². The van der Waals surface area contributed by atoms with E-state index in [0.717, 1.165) is 35.2 Å². The van der Waals surface area contributed by atoms with Gasteiger partial charge in [0.15, 0.2) is 11.8 Å². The lowest BCUT2D eigenvalue weighted by Gasteiger charge is -2.32. The van der Waals surface area contributed by atoms with E-state index in [1.165, 1.54) is 0 Å². The smallest absolute Gasteiger partial charge is 0.248 e. The summed E-state index contributed by atoms with van der Waals surface area (Å²) in [5.41, 5.74) is 7.48. The third-order valence-corrected chi connectivity index (χ3v) is 7.89. The summed E-state index contributed by atoms with van der Waals surface area (Å²) in [7, 11) is 0. The minimum absolute atomic E-state index is 0.0801. The topological polar surface area (TPSA) is 136 Å². The first-order valence-corrected chi connectivity index (χ1v) is 14.6. The zero-order valence-corrected chi connectivity index (χ0v) is 24.5. The molecule has 2 amide bonds. The highest BCUT2D eigenvalue weighted by Crippen LogP contribution is 2.30. The molecule has 10 heteroatoms. The van der Waals surface area contributed by atoms with Crippen molar-refractivity contribution in [2.75, 3.05) is 13.2 Å². The fraction of sp³-hybridized carbons (Fsp3) is 0.394. The van der Waals surface area contributed by atoms with Crippen molar-refractivity contribution in [2.24, 2.45) is 10.7 Å². The first kappa shape index (κ1) is 30.2. The minimum Gasteiger partial charge on any atom is -0.476 e. The first-order chi connectivity index (χ1) is 20.8. The normalized spacial score (nSPS) is 21.9. The van der Waals surface area contributed by atoms with E-state index in [9.17, 15) is 14.4 Å². The number of carbonyl (C=O) groups excluding carboxylic acids is 3. The Labute approximate surface area is 251 Å². The lowest BCUT2D eigenvalue weighted by molar-refractivity contribution is -0.141. The van der Waals surface area contributed by atoms with Gasteiger partial charge in [-0.05, 0) is 56.0 Å². The van der Waals surface area contributed by atoms with Crippen LogP contribution in [0.5, 0.6) is 0 Å². The number of hydrogen-bond donors (Lipinski definition) is 2. The second kappa shape index (κ2) is 13.4. The highest BCUT2D eigenvalue weighted by Gasteiger charge is 2.45. The zero-order chi connectivity index (χ0) is 30.4. The largest absolute Gasteiger partial charge is 0.476 e. The van der Waals surface area contributed by atoms with Gasteiger partial charge in [0.1, 0.15) is 24.5 Å². The van der Waals surface area contributed by atoms with Gasteiger partial charge in [0.25, 0.3) is 0 Å². The molecule has 4 unspecified atom stereocenters. The zero-order valence-electron chi connectivity index (χ0n) is 24.5. The van der Waals surface area contributed by atoms with Crippen LogP contribution >= 0.6 is 0 Å². The van der Waals surface area contributed by atoms with Crippen molar-refractivity contribution in [3.63, 3.8) is 0 Å². The Morgan fingerprint density at radius 2 is 1.93 bits per heavy atom. The number of rotatable bonds is 12. The summed E-state index contributed by atoms with van der Waals surface area (Å²) in [6, 6.07) is 18.9. The average Bonchev–Trinajstić information content (AvgIpc) is 3.80. The number of aliphatic imine (C=N–C) groups is 1. The summed E-state index contributed by atoms with van der Waals surface area (Å²) in [5.74, 6) is 0.338. The van der Waals surface area contributed by atoms with Gasteiger partial charge in [0.05, 0.1) is 25.0 Å². The van der Waals surface area contributed by atoms with E-state index < -0.39 is 35.7 Å². The number of amides is 2. The Morgan fingerprint density at radius 1 is 1.14 bits per heavy atom. The molecule has 0 radical (unpaired) electrons. The summed E-state index contributed by atoms with van der Waals surface area (Å²) < 4.78 is 17.6.